The maximum Gasteiger partial charge on any atom is 0.326 e. The van der Waals surface area contributed by atoms with E-state index in [9.17, 15) is 0 Å². The second-order valence-electron chi connectivity index (χ2n) is 8.11. The Hall–Kier alpha value is 0.228. The lowest BCUT2D eigenvalue weighted by molar-refractivity contribution is 0.319. The molecule has 120 valence electrons. The van der Waals surface area contributed by atoms with E-state index >= 15 is 0 Å². The van der Waals surface area contributed by atoms with Gasteiger partial charge >= 0.3 is 17.1 Å². The van der Waals surface area contributed by atoms with Gasteiger partial charge in [-0.2, -0.15) is 0 Å². The molecule has 0 aromatic rings. The van der Waals surface area contributed by atoms with Gasteiger partial charge in [0.2, 0.25) is 0 Å². The van der Waals surface area contributed by atoms with Gasteiger partial charge < -0.3 is 12.3 Å². The van der Waals surface area contributed by atoms with Crippen LogP contribution in [-0.2, 0) is 12.3 Å². The lowest BCUT2D eigenvalue weighted by Crippen LogP contribution is -2.58. The third kappa shape index (κ3) is 5.12. The fraction of sp³-hybridized carbons (Fsp3) is 0.714. The summed E-state index contributed by atoms with van der Waals surface area (Å²) in [6.07, 6.45) is 9.02. The topological polar surface area (TPSA) is 27.7 Å². The van der Waals surface area contributed by atoms with Gasteiger partial charge in [0, 0.05) is 24.2 Å². The van der Waals surface area contributed by atoms with Crippen LogP contribution >= 0.6 is 0 Å². The van der Waals surface area contributed by atoms with Crippen LogP contribution in [0.2, 0.25) is 63.5 Å². The Morgan fingerprint density at radius 2 is 0.905 bits per heavy atom. The SMILES string of the molecule is C[Si](C)(C)O[Si]1(O[Si]2(O[Si](C)(C)C)CC=CC2)CC=CC1. The van der Waals surface area contributed by atoms with Crippen molar-refractivity contribution in [2.75, 3.05) is 0 Å². The summed E-state index contributed by atoms with van der Waals surface area (Å²) in [5, 5.41) is 0. The van der Waals surface area contributed by atoms with Crippen LogP contribution in [0.5, 0.6) is 0 Å². The van der Waals surface area contributed by atoms with Crippen molar-refractivity contribution in [1.82, 2.24) is 0 Å². The molecule has 21 heavy (non-hydrogen) atoms. The lowest BCUT2D eigenvalue weighted by Gasteiger charge is -2.42. The summed E-state index contributed by atoms with van der Waals surface area (Å²) in [5.74, 6) is 0. The fourth-order valence-corrected chi connectivity index (χ4v) is 20.9. The van der Waals surface area contributed by atoms with Gasteiger partial charge in [0.25, 0.3) is 0 Å². The summed E-state index contributed by atoms with van der Waals surface area (Å²) in [6.45, 7) is 13.6. The summed E-state index contributed by atoms with van der Waals surface area (Å²) >= 11 is 0. The summed E-state index contributed by atoms with van der Waals surface area (Å²) < 4.78 is 20.1. The van der Waals surface area contributed by atoms with Crippen molar-refractivity contribution >= 4 is 33.8 Å². The third-order valence-electron chi connectivity index (χ3n) is 3.41. The van der Waals surface area contributed by atoms with Crippen molar-refractivity contribution < 1.29 is 12.3 Å². The molecule has 0 radical (unpaired) electrons. The first-order valence-corrected chi connectivity index (χ1v) is 19.2. The molecule has 0 aromatic heterocycles. The third-order valence-corrected chi connectivity index (χ3v) is 17.7. The molecule has 0 N–H and O–H groups in total. The molecule has 2 rings (SSSR count). The zero-order valence-electron chi connectivity index (χ0n) is 14.4. The zero-order valence-corrected chi connectivity index (χ0v) is 18.4. The highest BCUT2D eigenvalue weighted by molar-refractivity contribution is 6.91. The maximum absolute atomic E-state index is 6.88. The van der Waals surface area contributed by atoms with Crippen LogP contribution in [-0.4, -0.2) is 33.8 Å². The zero-order chi connectivity index (χ0) is 15.8. The molecule has 0 amide bonds. The fourth-order valence-electron chi connectivity index (χ4n) is 3.05. The molecule has 0 aromatic carbocycles. The lowest BCUT2D eigenvalue weighted by atomic mass is 10.6. The minimum absolute atomic E-state index is 1.00. The van der Waals surface area contributed by atoms with E-state index in [0.29, 0.717) is 0 Å². The van der Waals surface area contributed by atoms with Crippen LogP contribution in [0.25, 0.3) is 0 Å². The smallest absolute Gasteiger partial charge is 0.326 e. The molecular formula is C14H30O3Si4. The van der Waals surface area contributed by atoms with Crippen molar-refractivity contribution in [3.05, 3.63) is 24.3 Å². The highest BCUT2D eigenvalue weighted by Crippen LogP contribution is 2.38. The van der Waals surface area contributed by atoms with E-state index in [-0.39, 0.29) is 0 Å². The van der Waals surface area contributed by atoms with E-state index in [2.05, 4.69) is 63.6 Å². The molecule has 2 aliphatic heterocycles. The van der Waals surface area contributed by atoms with Crippen molar-refractivity contribution in [2.45, 2.75) is 63.5 Å². The number of allylic oxidation sites excluding steroid dienone is 4. The first-order valence-electron chi connectivity index (χ1n) is 7.94. The Bertz CT molecular complexity index is 378. The van der Waals surface area contributed by atoms with Gasteiger partial charge in [0.05, 0.1) is 0 Å². The number of hydrogen-bond acceptors (Lipinski definition) is 3. The predicted octanol–water partition coefficient (Wildman–Crippen LogP) is 4.73. The average Bonchev–Trinajstić information content (AvgIpc) is 2.84. The number of hydrogen-bond donors (Lipinski definition) is 0. The molecule has 2 aliphatic rings. The van der Waals surface area contributed by atoms with Crippen LogP contribution in [0.1, 0.15) is 0 Å². The van der Waals surface area contributed by atoms with Gasteiger partial charge in [0.15, 0.2) is 16.6 Å². The van der Waals surface area contributed by atoms with Gasteiger partial charge in [0.1, 0.15) is 0 Å². The number of rotatable bonds is 6. The van der Waals surface area contributed by atoms with E-state index in [4.69, 9.17) is 12.3 Å². The second-order valence-corrected chi connectivity index (χ2v) is 24.3. The minimum Gasteiger partial charge on any atom is -0.436 e. The Labute approximate surface area is 134 Å². The molecule has 2 heterocycles. The Kier molecular flexibility index (Phi) is 5.04. The molecule has 0 aliphatic carbocycles. The molecule has 7 heteroatoms. The van der Waals surface area contributed by atoms with Gasteiger partial charge in [-0.05, 0) is 39.3 Å². The highest BCUT2D eigenvalue weighted by atomic mass is 28.5. The monoisotopic (exact) mass is 358 g/mol. The van der Waals surface area contributed by atoms with Crippen molar-refractivity contribution in [2.24, 2.45) is 0 Å². The van der Waals surface area contributed by atoms with Gasteiger partial charge in [-0.15, -0.1) is 0 Å². The van der Waals surface area contributed by atoms with Crippen LogP contribution in [0, 0.1) is 0 Å². The predicted molar refractivity (Wildman–Crippen MR) is 99.0 cm³/mol. The Morgan fingerprint density at radius 1 is 0.619 bits per heavy atom. The molecule has 0 atom stereocenters. The molecule has 0 unspecified atom stereocenters. The van der Waals surface area contributed by atoms with Gasteiger partial charge in [-0.3, -0.25) is 0 Å². The molecule has 0 saturated carbocycles. The van der Waals surface area contributed by atoms with E-state index in [1.165, 1.54) is 0 Å². The van der Waals surface area contributed by atoms with Gasteiger partial charge in [-0.25, -0.2) is 0 Å². The molecular weight excluding hydrogens is 328 g/mol. The molecule has 0 fully saturated rings. The quantitative estimate of drug-likeness (QED) is 0.507. The van der Waals surface area contributed by atoms with E-state index in [0.717, 1.165) is 24.2 Å². The summed E-state index contributed by atoms with van der Waals surface area (Å²) in [5.41, 5.74) is 0. The highest BCUT2D eigenvalue weighted by Gasteiger charge is 2.52. The standard InChI is InChI=1S/C14H30O3Si4/c1-18(2,3)15-20(11-7-8-12-20)17-21(13-9-10-14-21)16-19(4,5)6/h7-10H,11-14H2,1-6H3. The summed E-state index contributed by atoms with van der Waals surface area (Å²) in [6, 6.07) is 4.00. The van der Waals surface area contributed by atoms with E-state index < -0.39 is 33.8 Å². The molecule has 3 nitrogen and oxygen atoms in total. The van der Waals surface area contributed by atoms with Crippen LogP contribution < -0.4 is 0 Å². The largest absolute Gasteiger partial charge is 0.436 e. The Balaban J connectivity index is 2.17. The van der Waals surface area contributed by atoms with Crippen LogP contribution in [0.15, 0.2) is 24.3 Å². The normalized spacial score (nSPS) is 23.9. The van der Waals surface area contributed by atoms with Crippen molar-refractivity contribution in [1.29, 1.82) is 0 Å². The maximum atomic E-state index is 6.88. The first kappa shape index (κ1) is 17.6. The summed E-state index contributed by atoms with van der Waals surface area (Å²) in [4.78, 5) is 0. The average molecular weight is 359 g/mol. The van der Waals surface area contributed by atoms with Crippen LogP contribution in [0.3, 0.4) is 0 Å². The van der Waals surface area contributed by atoms with E-state index in [1.54, 1.807) is 0 Å². The van der Waals surface area contributed by atoms with Crippen molar-refractivity contribution in [3.8, 4) is 0 Å². The first-order chi connectivity index (χ1) is 9.54. The van der Waals surface area contributed by atoms with E-state index in [1.807, 2.05) is 0 Å². The van der Waals surface area contributed by atoms with Crippen LogP contribution in [0.4, 0.5) is 0 Å². The second kappa shape index (κ2) is 6.03. The Morgan fingerprint density at radius 3 is 1.14 bits per heavy atom. The molecule has 0 saturated heterocycles. The molecule has 0 spiro atoms. The minimum atomic E-state index is -2.14. The van der Waals surface area contributed by atoms with Gasteiger partial charge in [-0.1, -0.05) is 24.3 Å². The van der Waals surface area contributed by atoms with Crippen molar-refractivity contribution in [3.63, 3.8) is 0 Å². The summed E-state index contributed by atoms with van der Waals surface area (Å²) in [7, 11) is -7.48. The molecule has 0 bridgehead atoms.